The van der Waals surface area contributed by atoms with Crippen LogP contribution in [0.5, 0.6) is 0 Å². The van der Waals surface area contributed by atoms with Crippen LogP contribution in [0.1, 0.15) is 11.3 Å². The number of thiazole rings is 1. The van der Waals surface area contributed by atoms with Crippen molar-refractivity contribution in [1.29, 1.82) is 0 Å². The SMILES string of the molecule is Fc1ccc(Cc2csc(N3CCNCC3)n2)cc1. The summed E-state index contributed by atoms with van der Waals surface area (Å²) in [5.41, 5.74) is 2.16. The minimum absolute atomic E-state index is 0.191. The van der Waals surface area contributed by atoms with Gasteiger partial charge in [-0.15, -0.1) is 11.3 Å². The van der Waals surface area contributed by atoms with Gasteiger partial charge < -0.3 is 10.2 Å². The molecule has 0 spiro atoms. The zero-order valence-corrected chi connectivity index (χ0v) is 11.4. The molecule has 3 rings (SSSR count). The van der Waals surface area contributed by atoms with E-state index in [4.69, 9.17) is 0 Å². The van der Waals surface area contributed by atoms with Crippen molar-refractivity contribution in [2.45, 2.75) is 6.42 Å². The Kier molecular flexibility index (Phi) is 3.75. The van der Waals surface area contributed by atoms with Crippen LogP contribution in [-0.2, 0) is 6.42 Å². The molecule has 5 heteroatoms. The summed E-state index contributed by atoms with van der Waals surface area (Å²) >= 11 is 1.69. The molecule has 1 aliphatic heterocycles. The number of hydrogen-bond donors (Lipinski definition) is 1. The van der Waals surface area contributed by atoms with Crippen LogP contribution in [0, 0.1) is 5.82 Å². The summed E-state index contributed by atoms with van der Waals surface area (Å²) in [6.45, 7) is 4.08. The van der Waals surface area contributed by atoms with Crippen molar-refractivity contribution in [3.8, 4) is 0 Å². The van der Waals surface area contributed by atoms with Crippen molar-refractivity contribution < 1.29 is 4.39 Å². The fourth-order valence-electron chi connectivity index (χ4n) is 2.19. The average Bonchev–Trinajstić information content (AvgIpc) is 2.91. The molecule has 1 saturated heterocycles. The number of benzene rings is 1. The highest BCUT2D eigenvalue weighted by atomic mass is 32.1. The Morgan fingerprint density at radius 1 is 1.21 bits per heavy atom. The number of rotatable bonds is 3. The molecule has 0 atom stereocenters. The topological polar surface area (TPSA) is 28.2 Å². The summed E-state index contributed by atoms with van der Waals surface area (Å²) < 4.78 is 12.8. The van der Waals surface area contributed by atoms with Crippen molar-refractivity contribution in [1.82, 2.24) is 10.3 Å². The minimum Gasteiger partial charge on any atom is -0.346 e. The Labute approximate surface area is 116 Å². The van der Waals surface area contributed by atoms with Crippen molar-refractivity contribution >= 4 is 16.5 Å². The summed E-state index contributed by atoms with van der Waals surface area (Å²) in [4.78, 5) is 6.99. The molecule has 19 heavy (non-hydrogen) atoms. The molecule has 0 aliphatic carbocycles. The van der Waals surface area contributed by atoms with E-state index in [1.165, 1.54) is 12.1 Å². The van der Waals surface area contributed by atoms with Gasteiger partial charge in [-0.2, -0.15) is 0 Å². The normalized spacial score (nSPS) is 15.7. The first-order chi connectivity index (χ1) is 9.31. The summed E-state index contributed by atoms with van der Waals surface area (Å²) in [6, 6.07) is 6.64. The van der Waals surface area contributed by atoms with E-state index in [0.717, 1.165) is 49.0 Å². The first-order valence-corrected chi connectivity index (χ1v) is 7.34. The second-order valence-corrected chi connectivity index (χ2v) is 5.50. The number of hydrogen-bond acceptors (Lipinski definition) is 4. The largest absolute Gasteiger partial charge is 0.346 e. The maximum absolute atomic E-state index is 12.8. The lowest BCUT2D eigenvalue weighted by Crippen LogP contribution is -2.43. The third kappa shape index (κ3) is 3.11. The van der Waals surface area contributed by atoms with Crippen molar-refractivity contribution in [2.24, 2.45) is 0 Å². The summed E-state index contributed by atoms with van der Waals surface area (Å²) in [5.74, 6) is -0.191. The van der Waals surface area contributed by atoms with Gasteiger partial charge >= 0.3 is 0 Å². The van der Waals surface area contributed by atoms with Gasteiger partial charge in [0.2, 0.25) is 0 Å². The first kappa shape index (κ1) is 12.6. The Balaban J connectivity index is 1.68. The lowest BCUT2D eigenvalue weighted by Gasteiger charge is -2.26. The van der Waals surface area contributed by atoms with Crippen molar-refractivity contribution in [3.05, 3.63) is 46.7 Å². The molecule has 3 nitrogen and oxygen atoms in total. The Morgan fingerprint density at radius 3 is 2.68 bits per heavy atom. The molecule has 0 radical (unpaired) electrons. The highest BCUT2D eigenvalue weighted by molar-refractivity contribution is 7.13. The van der Waals surface area contributed by atoms with Crippen LogP contribution in [0.4, 0.5) is 9.52 Å². The molecule has 0 bridgehead atoms. The van der Waals surface area contributed by atoms with E-state index in [1.807, 2.05) is 12.1 Å². The molecule has 1 N–H and O–H groups in total. The first-order valence-electron chi connectivity index (χ1n) is 6.46. The van der Waals surface area contributed by atoms with E-state index >= 15 is 0 Å². The molecule has 2 aromatic rings. The smallest absolute Gasteiger partial charge is 0.185 e. The lowest BCUT2D eigenvalue weighted by molar-refractivity contribution is 0.588. The third-order valence-corrected chi connectivity index (χ3v) is 4.18. The molecule has 100 valence electrons. The van der Waals surface area contributed by atoms with Gasteiger partial charge in [0.15, 0.2) is 5.13 Å². The van der Waals surface area contributed by atoms with Crippen molar-refractivity contribution in [3.63, 3.8) is 0 Å². The van der Waals surface area contributed by atoms with Gasteiger partial charge in [0.05, 0.1) is 5.69 Å². The van der Waals surface area contributed by atoms with E-state index in [1.54, 1.807) is 11.3 Å². The zero-order chi connectivity index (χ0) is 13.1. The van der Waals surface area contributed by atoms with Gasteiger partial charge in [-0.3, -0.25) is 0 Å². The number of nitrogens with zero attached hydrogens (tertiary/aromatic N) is 2. The van der Waals surface area contributed by atoms with Crippen LogP contribution in [-0.4, -0.2) is 31.2 Å². The van der Waals surface area contributed by atoms with E-state index in [9.17, 15) is 4.39 Å². The Hall–Kier alpha value is -1.46. The number of nitrogens with one attached hydrogen (secondary N) is 1. The summed E-state index contributed by atoms with van der Waals surface area (Å²) in [7, 11) is 0. The summed E-state index contributed by atoms with van der Waals surface area (Å²) in [6.07, 6.45) is 0.767. The predicted octanol–water partition coefficient (Wildman–Crippen LogP) is 2.28. The molecule has 1 aliphatic rings. The maximum Gasteiger partial charge on any atom is 0.185 e. The van der Waals surface area contributed by atoms with Crippen LogP contribution in [0.15, 0.2) is 29.6 Å². The molecule has 2 heterocycles. The van der Waals surface area contributed by atoms with Gasteiger partial charge in [0, 0.05) is 38.0 Å². The molecule has 0 amide bonds. The van der Waals surface area contributed by atoms with Crippen LogP contribution in [0.25, 0.3) is 0 Å². The van der Waals surface area contributed by atoms with Gasteiger partial charge in [0.25, 0.3) is 0 Å². The molecule has 1 aromatic carbocycles. The fourth-order valence-corrected chi connectivity index (χ4v) is 3.07. The predicted molar refractivity (Wildman–Crippen MR) is 76.4 cm³/mol. The molecular formula is C14H16FN3S. The van der Waals surface area contributed by atoms with E-state index < -0.39 is 0 Å². The zero-order valence-electron chi connectivity index (χ0n) is 10.6. The molecule has 1 fully saturated rings. The van der Waals surface area contributed by atoms with Gasteiger partial charge in [-0.05, 0) is 17.7 Å². The van der Waals surface area contributed by atoms with Crippen LogP contribution < -0.4 is 10.2 Å². The second-order valence-electron chi connectivity index (χ2n) is 4.66. The number of piperazine rings is 1. The monoisotopic (exact) mass is 277 g/mol. The maximum atomic E-state index is 12.8. The second kappa shape index (κ2) is 5.67. The van der Waals surface area contributed by atoms with Gasteiger partial charge in [-0.25, -0.2) is 9.37 Å². The fraction of sp³-hybridized carbons (Fsp3) is 0.357. The molecular weight excluding hydrogens is 261 g/mol. The number of anilines is 1. The summed E-state index contributed by atoms with van der Waals surface area (Å²) in [5, 5.41) is 6.53. The molecule has 0 unspecified atom stereocenters. The third-order valence-electron chi connectivity index (χ3n) is 3.23. The number of aromatic nitrogens is 1. The Morgan fingerprint density at radius 2 is 1.95 bits per heavy atom. The standard InChI is InChI=1S/C14H16FN3S/c15-12-3-1-11(2-4-12)9-13-10-19-14(17-13)18-7-5-16-6-8-18/h1-4,10,16H,5-9H2. The van der Waals surface area contributed by atoms with E-state index in [-0.39, 0.29) is 5.82 Å². The molecule has 0 saturated carbocycles. The quantitative estimate of drug-likeness (QED) is 0.933. The van der Waals surface area contributed by atoms with Crippen LogP contribution in [0.2, 0.25) is 0 Å². The van der Waals surface area contributed by atoms with E-state index in [0.29, 0.717) is 0 Å². The number of halogens is 1. The van der Waals surface area contributed by atoms with Crippen LogP contribution >= 0.6 is 11.3 Å². The van der Waals surface area contributed by atoms with Gasteiger partial charge in [-0.1, -0.05) is 12.1 Å². The minimum atomic E-state index is -0.191. The van der Waals surface area contributed by atoms with Gasteiger partial charge in [0.1, 0.15) is 5.82 Å². The average molecular weight is 277 g/mol. The Bertz CT molecular complexity index is 532. The van der Waals surface area contributed by atoms with Crippen LogP contribution in [0.3, 0.4) is 0 Å². The van der Waals surface area contributed by atoms with Crippen molar-refractivity contribution in [2.75, 3.05) is 31.1 Å². The lowest BCUT2D eigenvalue weighted by atomic mass is 10.1. The van der Waals surface area contributed by atoms with E-state index in [2.05, 4.69) is 20.6 Å². The molecule has 1 aromatic heterocycles. The highest BCUT2D eigenvalue weighted by Gasteiger charge is 2.13. The highest BCUT2D eigenvalue weighted by Crippen LogP contribution is 2.22.